The van der Waals surface area contributed by atoms with Gasteiger partial charge in [-0.15, -0.1) is 0 Å². The van der Waals surface area contributed by atoms with Crippen LogP contribution in [-0.4, -0.2) is 10.9 Å². The second kappa shape index (κ2) is 4.65. The number of fused-ring (bicyclic) bond motifs is 1. The van der Waals surface area contributed by atoms with Crippen LogP contribution < -0.4 is 5.32 Å². The van der Waals surface area contributed by atoms with Crippen molar-refractivity contribution in [3.8, 4) is 0 Å². The Labute approximate surface area is 113 Å². The van der Waals surface area contributed by atoms with Gasteiger partial charge in [-0.2, -0.15) is 0 Å². The molecule has 0 spiro atoms. The Morgan fingerprint density at radius 3 is 2.79 bits per heavy atom. The second-order valence-electron chi connectivity index (χ2n) is 5.64. The van der Waals surface area contributed by atoms with Crippen LogP contribution in [0.2, 0.25) is 0 Å². The number of anilines is 1. The Morgan fingerprint density at radius 1 is 1.26 bits per heavy atom. The smallest absolute Gasteiger partial charge is 0.230 e. The zero-order valence-electron chi connectivity index (χ0n) is 11.1. The Morgan fingerprint density at radius 2 is 2.00 bits per heavy atom. The average Bonchev–Trinajstić information content (AvgIpc) is 2.87. The number of carbonyl (C=O) groups is 1. The highest BCUT2D eigenvalue weighted by atomic mass is 16.2. The molecule has 0 saturated heterocycles. The summed E-state index contributed by atoms with van der Waals surface area (Å²) in [5.74, 6) is 0.127. The molecule has 1 aliphatic rings. The third kappa shape index (κ3) is 2.33. The number of hydrogen-bond acceptors (Lipinski definition) is 2. The summed E-state index contributed by atoms with van der Waals surface area (Å²) >= 11 is 0. The third-order valence-corrected chi connectivity index (χ3v) is 4.10. The molecule has 1 N–H and O–H groups in total. The maximum atomic E-state index is 12.3. The second-order valence-corrected chi connectivity index (χ2v) is 5.64. The Balaban J connectivity index is 1.83. The van der Waals surface area contributed by atoms with Crippen molar-refractivity contribution in [3.63, 3.8) is 0 Å². The molecule has 1 fully saturated rings. The van der Waals surface area contributed by atoms with Crippen LogP contribution in [0, 0.1) is 5.41 Å². The lowest BCUT2D eigenvalue weighted by atomic mass is 9.88. The minimum atomic E-state index is -0.203. The Hall–Kier alpha value is -1.90. The van der Waals surface area contributed by atoms with Gasteiger partial charge in [0.2, 0.25) is 5.91 Å². The molecule has 98 valence electrons. The first-order valence-electron chi connectivity index (χ1n) is 6.84. The number of nitrogens with one attached hydrogen (secondary N) is 1. The molecule has 0 radical (unpaired) electrons. The molecule has 0 atom stereocenters. The van der Waals surface area contributed by atoms with Crippen LogP contribution >= 0.6 is 0 Å². The number of benzene rings is 1. The molecule has 1 saturated carbocycles. The molecule has 2 aromatic rings. The molecule has 0 bridgehead atoms. The van der Waals surface area contributed by atoms with E-state index in [1.54, 1.807) is 6.20 Å². The number of nitrogens with zero attached hydrogens (tertiary/aromatic N) is 1. The Kier molecular flexibility index (Phi) is 2.97. The minimum Gasteiger partial charge on any atom is -0.324 e. The zero-order valence-corrected chi connectivity index (χ0v) is 11.1. The normalized spacial score (nSPS) is 17.5. The van der Waals surface area contributed by atoms with Crippen molar-refractivity contribution in [2.24, 2.45) is 5.41 Å². The third-order valence-electron chi connectivity index (χ3n) is 4.10. The monoisotopic (exact) mass is 254 g/mol. The van der Waals surface area contributed by atoms with Gasteiger partial charge in [0.25, 0.3) is 0 Å². The summed E-state index contributed by atoms with van der Waals surface area (Å²) in [6, 6.07) is 9.91. The molecule has 3 heteroatoms. The first-order chi connectivity index (χ1) is 9.17. The summed E-state index contributed by atoms with van der Waals surface area (Å²) in [6.07, 6.45) is 6.01. The van der Waals surface area contributed by atoms with Crippen LogP contribution in [0.3, 0.4) is 0 Å². The number of hydrogen-bond donors (Lipinski definition) is 1. The van der Waals surface area contributed by atoms with E-state index in [9.17, 15) is 4.79 Å². The topological polar surface area (TPSA) is 42.0 Å². The standard InChI is InChI=1S/C16H18N2O/c1-16(8-4-5-9-16)15(19)18-13-10-12-6-2-3-7-14(12)17-11-13/h2-3,6-7,10-11H,4-5,8-9H2,1H3,(H,18,19). The molecule has 19 heavy (non-hydrogen) atoms. The number of pyridine rings is 1. The maximum Gasteiger partial charge on any atom is 0.230 e. The van der Waals surface area contributed by atoms with E-state index >= 15 is 0 Å². The predicted octanol–water partition coefficient (Wildman–Crippen LogP) is 3.75. The van der Waals surface area contributed by atoms with E-state index < -0.39 is 0 Å². The predicted molar refractivity (Wildman–Crippen MR) is 76.9 cm³/mol. The highest BCUT2D eigenvalue weighted by molar-refractivity contribution is 5.96. The van der Waals surface area contributed by atoms with Crippen molar-refractivity contribution in [1.82, 2.24) is 4.98 Å². The SMILES string of the molecule is CC1(C(=O)Nc2cnc3ccccc3c2)CCCC1. The molecule has 1 amide bonds. The van der Waals surface area contributed by atoms with Gasteiger partial charge in [-0.1, -0.05) is 38.0 Å². The van der Waals surface area contributed by atoms with Crippen LogP contribution in [0.25, 0.3) is 10.9 Å². The average molecular weight is 254 g/mol. The van der Waals surface area contributed by atoms with Gasteiger partial charge in [-0.05, 0) is 25.0 Å². The Bertz CT molecular complexity index is 615. The summed E-state index contributed by atoms with van der Waals surface area (Å²) in [4.78, 5) is 16.7. The first-order valence-corrected chi connectivity index (χ1v) is 6.84. The fraction of sp³-hybridized carbons (Fsp3) is 0.375. The highest BCUT2D eigenvalue weighted by Gasteiger charge is 2.36. The van der Waals surface area contributed by atoms with Gasteiger partial charge in [0.15, 0.2) is 0 Å². The number of rotatable bonds is 2. The van der Waals surface area contributed by atoms with Gasteiger partial charge >= 0.3 is 0 Å². The van der Waals surface area contributed by atoms with Crippen molar-refractivity contribution in [3.05, 3.63) is 36.5 Å². The van der Waals surface area contributed by atoms with Crippen LogP contribution in [-0.2, 0) is 4.79 Å². The van der Waals surface area contributed by atoms with Gasteiger partial charge in [0.05, 0.1) is 17.4 Å². The fourth-order valence-electron chi connectivity index (χ4n) is 2.80. The van der Waals surface area contributed by atoms with E-state index in [2.05, 4.69) is 17.2 Å². The van der Waals surface area contributed by atoms with E-state index in [-0.39, 0.29) is 11.3 Å². The summed E-state index contributed by atoms with van der Waals surface area (Å²) < 4.78 is 0. The van der Waals surface area contributed by atoms with Crippen LogP contribution in [0.4, 0.5) is 5.69 Å². The van der Waals surface area contributed by atoms with Crippen molar-refractivity contribution in [2.45, 2.75) is 32.6 Å². The lowest BCUT2D eigenvalue weighted by Crippen LogP contribution is -2.30. The minimum absolute atomic E-state index is 0.127. The number of para-hydroxylation sites is 1. The van der Waals surface area contributed by atoms with Gasteiger partial charge in [0, 0.05) is 10.8 Å². The lowest BCUT2D eigenvalue weighted by Gasteiger charge is -2.22. The quantitative estimate of drug-likeness (QED) is 0.886. The molecule has 1 heterocycles. The summed E-state index contributed by atoms with van der Waals surface area (Å²) in [7, 11) is 0. The van der Waals surface area contributed by atoms with E-state index in [0.29, 0.717) is 0 Å². The van der Waals surface area contributed by atoms with Crippen LogP contribution in [0.15, 0.2) is 36.5 Å². The molecular formula is C16H18N2O. The van der Waals surface area contributed by atoms with Crippen LogP contribution in [0.1, 0.15) is 32.6 Å². The number of aromatic nitrogens is 1. The van der Waals surface area contributed by atoms with Gasteiger partial charge in [-0.25, -0.2) is 0 Å². The van der Waals surface area contributed by atoms with Gasteiger partial charge in [0.1, 0.15) is 0 Å². The largest absolute Gasteiger partial charge is 0.324 e. The molecule has 1 aliphatic carbocycles. The van der Waals surface area contributed by atoms with Crippen LogP contribution in [0.5, 0.6) is 0 Å². The van der Waals surface area contributed by atoms with Crippen molar-refractivity contribution in [2.75, 3.05) is 5.32 Å². The molecule has 3 nitrogen and oxygen atoms in total. The van der Waals surface area contributed by atoms with Crippen molar-refractivity contribution in [1.29, 1.82) is 0 Å². The zero-order chi connectivity index (χ0) is 13.3. The fourth-order valence-corrected chi connectivity index (χ4v) is 2.80. The molecule has 1 aromatic heterocycles. The summed E-state index contributed by atoms with van der Waals surface area (Å²) in [5, 5.41) is 4.07. The maximum absolute atomic E-state index is 12.3. The summed E-state index contributed by atoms with van der Waals surface area (Å²) in [5.41, 5.74) is 1.54. The van der Waals surface area contributed by atoms with E-state index in [4.69, 9.17) is 0 Å². The molecule has 1 aromatic carbocycles. The number of amides is 1. The highest BCUT2D eigenvalue weighted by Crippen LogP contribution is 2.38. The van der Waals surface area contributed by atoms with Gasteiger partial charge in [-0.3, -0.25) is 9.78 Å². The van der Waals surface area contributed by atoms with E-state index in [1.807, 2.05) is 30.3 Å². The van der Waals surface area contributed by atoms with E-state index in [1.165, 1.54) is 0 Å². The number of carbonyl (C=O) groups excluding carboxylic acids is 1. The molecule has 0 unspecified atom stereocenters. The van der Waals surface area contributed by atoms with Gasteiger partial charge < -0.3 is 5.32 Å². The first kappa shape index (κ1) is 12.2. The molecule has 0 aliphatic heterocycles. The molecular weight excluding hydrogens is 236 g/mol. The van der Waals surface area contributed by atoms with E-state index in [0.717, 1.165) is 42.3 Å². The van der Waals surface area contributed by atoms with Crippen molar-refractivity contribution < 1.29 is 4.79 Å². The van der Waals surface area contributed by atoms with Crippen molar-refractivity contribution >= 4 is 22.5 Å². The molecule has 3 rings (SSSR count). The lowest BCUT2D eigenvalue weighted by molar-refractivity contribution is -0.124. The summed E-state index contributed by atoms with van der Waals surface area (Å²) in [6.45, 7) is 2.06.